The highest BCUT2D eigenvalue weighted by Crippen LogP contribution is 2.08. The minimum absolute atomic E-state index is 0.666. The van der Waals surface area contributed by atoms with Crippen LogP contribution < -0.4 is 5.32 Å². The van der Waals surface area contributed by atoms with Crippen molar-refractivity contribution in [1.82, 2.24) is 19.6 Å². The fourth-order valence-electron chi connectivity index (χ4n) is 1.77. The van der Waals surface area contributed by atoms with Crippen LogP contribution in [-0.2, 0) is 6.42 Å². The van der Waals surface area contributed by atoms with E-state index in [1.807, 2.05) is 35.1 Å². The number of nitrogens with zero attached hydrogens (tertiary/aromatic N) is 4. The molecule has 0 amide bonds. The van der Waals surface area contributed by atoms with Crippen LogP contribution in [0.5, 0.6) is 0 Å². The number of fused-ring (bicyclic) bond motifs is 1. The average molecular weight is 259 g/mol. The molecule has 0 atom stereocenters. The van der Waals surface area contributed by atoms with Gasteiger partial charge in [0.25, 0.3) is 0 Å². The Labute approximate surface area is 109 Å². The van der Waals surface area contributed by atoms with Gasteiger partial charge in [0.15, 0.2) is 5.65 Å². The van der Waals surface area contributed by atoms with E-state index in [-0.39, 0.29) is 0 Å². The molecular formula is C12H13N5S. The lowest BCUT2D eigenvalue weighted by Gasteiger charge is -1.98. The average Bonchev–Trinajstić information content (AvgIpc) is 2.98. The second-order valence-corrected chi connectivity index (χ2v) is 4.75. The van der Waals surface area contributed by atoms with Crippen molar-refractivity contribution in [2.75, 3.05) is 11.9 Å². The molecule has 0 aliphatic heterocycles. The topological polar surface area (TPSA) is 55.1 Å². The van der Waals surface area contributed by atoms with Gasteiger partial charge in [0.2, 0.25) is 5.95 Å². The minimum atomic E-state index is 0.666. The fraction of sp³-hybridized carbons (Fsp3) is 0.250. The molecule has 0 bridgehead atoms. The van der Waals surface area contributed by atoms with Crippen LogP contribution in [0.2, 0.25) is 0 Å². The Hall–Kier alpha value is -1.95. The Morgan fingerprint density at radius 1 is 1.39 bits per heavy atom. The molecule has 6 heteroatoms. The van der Waals surface area contributed by atoms with Crippen LogP contribution in [0.4, 0.5) is 5.95 Å². The molecule has 0 aliphatic rings. The van der Waals surface area contributed by atoms with E-state index in [0.29, 0.717) is 5.95 Å². The molecular weight excluding hydrogens is 246 g/mol. The molecule has 5 nitrogen and oxygen atoms in total. The molecule has 0 saturated carbocycles. The molecule has 0 spiro atoms. The van der Waals surface area contributed by atoms with Gasteiger partial charge in [-0.3, -0.25) is 0 Å². The standard InChI is InChI=1S/C12H13N5S/c1-9-3-2-4-11-15-12(16-17(9)11)13-6-5-10-7-18-8-14-10/h2-4,7-8H,5-6H2,1H3,(H,13,16). The van der Waals surface area contributed by atoms with E-state index in [0.717, 1.165) is 30.0 Å². The number of anilines is 1. The summed E-state index contributed by atoms with van der Waals surface area (Å²) in [5, 5.41) is 9.69. The maximum Gasteiger partial charge on any atom is 0.243 e. The Bertz CT molecular complexity index is 644. The van der Waals surface area contributed by atoms with Gasteiger partial charge in [0, 0.05) is 24.0 Å². The summed E-state index contributed by atoms with van der Waals surface area (Å²) >= 11 is 1.62. The van der Waals surface area contributed by atoms with Crippen molar-refractivity contribution in [3.05, 3.63) is 40.5 Å². The van der Waals surface area contributed by atoms with Gasteiger partial charge in [-0.25, -0.2) is 9.50 Å². The predicted octanol–water partition coefficient (Wildman–Crippen LogP) is 2.15. The quantitative estimate of drug-likeness (QED) is 0.780. The monoisotopic (exact) mass is 259 g/mol. The van der Waals surface area contributed by atoms with Crippen molar-refractivity contribution in [1.29, 1.82) is 0 Å². The third kappa shape index (κ3) is 2.19. The minimum Gasteiger partial charge on any atom is -0.353 e. The zero-order chi connectivity index (χ0) is 12.4. The second kappa shape index (κ2) is 4.73. The second-order valence-electron chi connectivity index (χ2n) is 4.03. The molecule has 0 saturated heterocycles. The lowest BCUT2D eigenvalue weighted by atomic mass is 10.3. The lowest BCUT2D eigenvalue weighted by molar-refractivity contribution is 0.899. The molecule has 3 aromatic heterocycles. The van der Waals surface area contributed by atoms with Crippen molar-refractivity contribution >= 4 is 22.9 Å². The highest BCUT2D eigenvalue weighted by atomic mass is 32.1. The van der Waals surface area contributed by atoms with E-state index in [2.05, 4.69) is 25.8 Å². The van der Waals surface area contributed by atoms with Crippen molar-refractivity contribution in [2.24, 2.45) is 0 Å². The van der Waals surface area contributed by atoms with Crippen molar-refractivity contribution in [2.45, 2.75) is 13.3 Å². The first-order valence-electron chi connectivity index (χ1n) is 5.76. The van der Waals surface area contributed by atoms with Gasteiger partial charge in [-0.2, -0.15) is 4.98 Å². The first-order chi connectivity index (χ1) is 8.83. The smallest absolute Gasteiger partial charge is 0.243 e. The Balaban J connectivity index is 1.69. The third-order valence-corrected chi connectivity index (χ3v) is 3.33. The number of thiazole rings is 1. The molecule has 92 valence electrons. The first kappa shape index (κ1) is 11.2. The Morgan fingerprint density at radius 3 is 3.11 bits per heavy atom. The highest BCUT2D eigenvalue weighted by Gasteiger charge is 2.04. The maximum atomic E-state index is 4.42. The van der Waals surface area contributed by atoms with Crippen molar-refractivity contribution in [3.63, 3.8) is 0 Å². The molecule has 0 aromatic carbocycles. The van der Waals surface area contributed by atoms with Gasteiger partial charge in [0.1, 0.15) is 0 Å². The normalized spacial score (nSPS) is 10.9. The predicted molar refractivity (Wildman–Crippen MR) is 72.0 cm³/mol. The van der Waals surface area contributed by atoms with Gasteiger partial charge in [-0.05, 0) is 19.1 Å². The van der Waals surface area contributed by atoms with Crippen LogP contribution >= 0.6 is 11.3 Å². The zero-order valence-corrected chi connectivity index (χ0v) is 10.8. The number of aromatic nitrogens is 4. The van der Waals surface area contributed by atoms with Gasteiger partial charge in [0.05, 0.1) is 11.2 Å². The summed E-state index contributed by atoms with van der Waals surface area (Å²) in [6.45, 7) is 2.81. The van der Waals surface area contributed by atoms with Gasteiger partial charge in [-0.15, -0.1) is 16.4 Å². The molecule has 0 radical (unpaired) electrons. The molecule has 0 aliphatic carbocycles. The summed E-state index contributed by atoms with van der Waals surface area (Å²) in [5.74, 6) is 0.666. The summed E-state index contributed by atoms with van der Waals surface area (Å²) in [4.78, 5) is 8.65. The summed E-state index contributed by atoms with van der Waals surface area (Å²) in [6, 6.07) is 5.95. The number of hydrogen-bond acceptors (Lipinski definition) is 5. The van der Waals surface area contributed by atoms with Crippen molar-refractivity contribution < 1.29 is 0 Å². The van der Waals surface area contributed by atoms with Crippen LogP contribution in [0, 0.1) is 6.92 Å². The summed E-state index contributed by atoms with van der Waals surface area (Å²) in [5.41, 5.74) is 4.90. The third-order valence-electron chi connectivity index (χ3n) is 2.70. The van der Waals surface area contributed by atoms with Crippen LogP contribution in [-0.4, -0.2) is 26.1 Å². The lowest BCUT2D eigenvalue weighted by Crippen LogP contribution is -2.06. The molecule has 1 N–H and O–H groups in total. The van der Waals surface area contributed by atoms with E-state index in [4.69, 9.17) is 0 Å². The Kier molecular flexibility index (Phi) is 2.93. The van der Waals surface area contributed by atoms with Gasteiger partial charge < -0.3 is 5.32 Å². The molecule has 0 unspecified atom stereocenters. The Morgan fingerprint density at radius 2 is 2.33 bits per heavy atom. The number of pyridine rings is 1. The molecule has 18 heavy (non-hydrogen) atoms. The maximum absolute atomic E-state index is 4.42. The van der Waals surface area contributed by atoms with Crippen LogP contribution in [0.3, 0.4) is 0 Å². The summed E-state index contributed by atoms with van der Waals surface area (Å²) < 4.78 is 1.84. The largest absolute Gasteiger partial charge is 0.353 e. The highest BCUT2D eigenvalue weighted by molar-refractivity contribution is 7.07. The zero-order valence-electron chi connectivity index (χ0n) is 10.00. The van der Waals surface area contributed by atoms with E-state index in [1.165, 1.54) is 0 Å². The molecule has 3 rings (SSSR count). The van der Waals surface area contributed by atoms with Crippen LogP contribution in [0.15, 0.2) is 29.1 Å². The summed E-state index contributed by atoms with van der Waals surface area (Å²) in [6.07, 6.45) is 0.887. The van der Waals surface area contributed by atoms with E-state index >= 15 is 0 Å². The van der Waals surface area contributed by atoms with E-state index < -0.39 is 0 Å². The van der Waals surface area contributed by atoms with Crippen LogP contribution in [0.25, 0.3) is 5.65 Å². The SMILES string of the molecule is Cc1cccc2nc(NCCc3cscn3)nn12. The number of aryl methyl sites for hydroxylation is 1. The fourth-order valence-corrected chi connectivity index (χ4v) is 2.37. The number of nitrogens with one attached hydrogen (secondary N) is 1. The van der Waals surface area contributed by atoms with Crippen molar-refractivity contribution in [3.8, 4) is 0 Å². The van der Waals surface area contributed by atoms with E-state index in [1.54, 1.807) is 11.3 Å². The van der Waals surface area contributed by atoms with Gasteiger partial charge >= 0.3 is 0 Å². The summed E-state index contributed by atoms with van der Waals surface area (Å²) in [7, 11) is 0. The molecule has 0 fully saturated rings. The number of hydrogen-bond donors (Lipinski definition) is 1. The number of rotatable bonds is 4. The van der Waals surface area contributed by atoms with Crippen LogP contribution in [0.1, 0.15) is 11.4 Å². The first-order valence-corrected chi connectivity index (χ1v) is 6.70. The molecule has 3 aromatic rings. The van der Waals surface area contributed by atoms with E-state index in [9.17, 15) is 0 Å². The van der Waals surface area contributed by atoms with Gasteiger partial charge in [-0.1, -0.05) is 6.07 Å². The molecule has 3 heterocycles.